The van der Waals surface area contributed by atoms with Gasteiger partial charge in [-0.1, -0.05) is 25.2 Å². The highest BCUT2D eigenvalue weighted by Crippen LogP contribution is 2.29. The van der Waals surface area contributed by atoms with Crippen LogP contribution < -0.4 is 0 Å². The highest BCUT2D eigenvalue weighted by molar-refractivity contribution is 7.13. The van der Waals surface area contributed by atoms with Crippen molar-refractivity contribution in [2.75, 3.05) is 7.11 Å². The summed E-state index contributed by atoms with van der Waals surface area (Å²) in [7, 11) is 1.24. The predicted octanol–water partition coefficient (Wildman–Crippen LogP) is 2.78. The minimum Gasteiger partial charge on any atom is -0.465 e. The van der Waals surface area contributed by atoms with E-state index in [0.717, 1.165) is 11.3 Å². The Hall–Kier alpha value is -1.43. The Balaban J connectivity index is 0.000000921. The van der Waals surface area contributed by atoms with Gasteiger partial charge in [0.05, 0.1) is 23.2 Å². The summed E-state index contributed by atoms with van der Waals surface area (Å²) in [6, 6.07) is 0. The Kier molecular flexibility index (Phi) is 5.54. The molecule has 0 aromatic carbocycles. The van der Waals surface area contributed by atoms with E-state index in [2.05, 4.69) is 4.74 Å². The molecule has 0 atom stereocenters. The van der Waals surface area contributed by atoms with E-state index in [9.17, 15) is 14.9 Å². The maximum atomic E-state index is 11.0. The van der Waals surface area contributed by atoms with Crippen LogP contribution in [0.1, 0.15) is 29.8 Å². The van der Waals surface area contributed by atoms with Gasteiger partial charge >= 0.3 is 11.0 Å². The molecule has 0 bridgehead atoms. The third kappa shape index (κ3) is 3.02. The minimum absolute atomic E-state index is 0.0135. The van der Waals surface area contributed by atoms with Crippen molar-refractivity contribution in [3.8, 4) is 0 Å². The normalized spacial score (nSPS) is 8.80. The first-order chi connectivity index (χ1) is 7.07. The van der Waals surface area contributed by atoms with Crippen LogP contribution in [0, 0.1) is 17.0 Å². The lowest BCUT2D eigenvalue weighted by Crippen LogP contribution is -2.01. The Labute approximate surface area is 91.8 Å². The summed E-state index contributed by atoms with van der Waals surface area (Å²) in [5, 5.41) is 11.8. The van der Waals surface area contributed by atoms with E-state index in [1.54, 1.807) is 0 Å². The van der Waals surface area contributed by atoms with E-state index < -0.39 is 10.9 Å². The first kappa shape index (κ1) is 13.6. The Morgan fingerprint density at radius 3 is 2.40 bits per heavy atom. The molecule has 0 aliphatic rings. The number of methoxy groups -OCH3 is 1. The molecule has 84 valence electrons. The van der Waals surface area contributed by atoms with Gasteiger partial charge in [0.2, 0.25) is 0 Å². The fourth-order valence-corrected chi connectivity index (χ4v) is 1.77. The summed E-state index contributed by atoms with van der Waals surface area (Å²) in [4.78, 5) is 20.9. The van der Waals surface area contributed by atoms with Gasteiger partial charge in [-0.05, 0) is 6.92 Å². The van der Waals surface area contributed by atoms with Crippen molar-refractivity contribution >= 4 is 22.3 Å². The number of nitrogens with zero attached hydrogens (tertiary/aromatic N) is 1. The molecule has 0 unspecified atom stereocenters. The van der Waals surface area contributed by atoms with E-state index in [-0.39, 0.29) is 10.6 Å². The van der Waals surface area contributed by atoms with Gasteiger partial charge in [-0.3, -0.25) is 10.1 Å². The molecule has 0 aliphatic heterocycles. The Morgan fingerprint density at radius 2 is 2.07 bits per heavy atom. The lowest BCUT2D eigenvalue weighted by molar-refractivity contribution is -0.380. The van der Waals surface area contributed by atoms with Gasteiger partial charge in [-0.15, -0.1) is 0 Å². The summed E-state index contributed by atoms with van der Waals surface area (Å²) in [6.07, 6.45) is 0. The van der Waals surface area contributed by atoms with Crippen molar-refractivity contribution in [3.05, 3.63) is 26.6 Å². The maximum absolute atomic E-state index is 11.0. The highest BCUT2D eigenvalue weighted by atomic mass is 32.1. The van der Waals surface area contributed by atoms with E-state index in [4.69, 9.17) is 0 Å². The molecular weight excluding hydrogens is 218 g/mol. The molecule has 0 spiro atoms. The molecule has 0 N–H and O–H groups in total. The number of hydrogen-bond acceptors (Lipinski definition) is 5. The maximum Gasteiger partial charge on any atom is 0.339 e. The molecule has 0 fully saturated rings. The lowest BCUT2D eigenvalue weighted by Gasteiger charge is -1.95. The highest BCUT2D eigenvalue weighted by Gasteiger charge is 2.21. The van der Waals surface area contributed by atoms with Crippen LogP contribution in [0.3, 0.4) is 0 Å². The SMILES string of the molecule is CC.COC(=O)c1csc([N+](=O)[O-])c1C. The zero-order chi connectivity index (χ0) is 12.0. The molecular formula is C9H13NO4S. The van der Waals surface area contributed by atoms with Crippen molar-refractivity contribution in [1.82, 2.24) is 0 Å². The van der Waals surface area contributed by atoms with E-state index in [1.165, 1.54) is 19.4 Å². The predicted molar refractivity (Wildman–Crippen MR) is 58.4 cm³/mol. The largest absolute Gasteiger partial charge is 0.465 e. The first-order valence-electron chi connectivity index (χ1n) is 4.38. The van der Waals surface area contributed by atoms with Crippen molar-refractivity contribution < 1.29 is 14.5 Å². The van der Waals surface area contributed by atoms with Crippen LogP contribution >= 0.6 is 11.3 Å². The third-order valence-electron chi connectivity index (χ3n) is 1.58. The summed E-state index contributed by atoms with van der Waals surface area (Å²) in [5.74, 6) is -0.540. The minimum atomic E-state index is -0.540. The standard InChI is InChI=1S/C7H7NO4S.C2H6/c1-4-5(7(9)12-2)3-13-6(4)8(10)11;1-2/h3H,1-2H3;1-2H3. The average Bonchev–Trinajstić information content (AvgIpc) is 2.62. The second-order valence-electron chi connectivity index (χ2n) is 2.33. The van der Waals surface area contributed by atoms with Crippen molar-refractivity contribution in [2.45, 2.75) is 20.8 Å². The van der Waals surface area contributed by atoms with Gasteiger partial charge in [0, 0.05) is 5.38 Å². The van der Waals surface area contributed by atoms with Crippen molar-refractivity contribution in [2.24, 2.45) is 0 Å². The van der Waals surface area contributed by atoms with Gasteiger partial charge in [0.1, 0.15) is 0 Å². The van der Waals surface area contributed by atoms with Crippen LogP contribution in [0.5, 0.6) is 0 Å². The Bertz CT molecular complexity index is 359. The van der Waals surface area contributed by atoms with Crippen molar-refractivity contribution in [3.63, 3.8) is 0 Å². The van der Waals surface area contributed by atoms with E-state index in [0.29, 0.717) is 5.56 Å². The molecule has 15 heavy (non-hydrogen) atoms. The van der Waals surface area contributed by atoms with Crippen LogP contribution in [0.25, 0.3) is 0 Å². The van der Waals surface area contributed by atoms with Gasteiger partial charge in [0.25, 0.3) is 0 Å². The lowest BCUT2D eigenvalue weighted by atomic mass is 10.2. The van der Waals surface area contributed by atoms with Crippen LogP contribution in [0.4, 0.5) is 5.00 Å². The number of thiophene rings is 1. The van der Waals surface area contributed by atoms with Crippen LogP contribution in [-0.2, 0) is 4.74 Å². The van der Waals surface area contributed by atoms with Crippen LogP contribution in [0.15, 0.2) is 5.38 Å². The molecule has 6 heteroatoms. The van der Waals surface area contributed by atoms with Crippen molar-refractivity contribution in [1.29, 1.82) is 0 Å². The number of ether oxygens (including phenoxy) is 1. The number of carbonyl (C=O) groups excluding carboxylic acids is 1. The van der Waals surface area contributed by atoms with Gasteiger partial charge in [0.15, 0.2) is 0 Å². The summed E-state index contributed by atoms with van der Waals surface area (Å²) < 4.78 is 4.46. The number of hydrogen-bond donors (Lipinski definition) is 0. The summed E-state index contributed by atoms with van der Waals surface area (Å²) >= 11 is 0.928. The molecule has 1 aromatic heterocycles. The molecule has 0 saturated carbocycles. The first-order valence-corrected chi connectivity index (χ1v) is 5.26. The average molecular weight is 231 g/mol. The van der Waals surface area contributed by atoms with E-state index >= 15 is 0 Å². The molecule has 0 radical (unpaired) electrons. The number of nitro groups is 1. The second-order valence-corrected chi connectivity index (χ2v) is 3.19. The number of esters is 1. The molecule has 1 rings (SSSR count). The van der Waals surface area contributed by atoms with Crippen LogP contribution in [-0.4, -0.2) is 18.0 Å². The van der Waals surface area contributed by atoms with E-state index in [1.807, 2.05) is 13.8 Å². The fourth-order valence-electron chi connectivity index (χ4n) is 0.898. The molecule has 1 heterocycles. The topological polar surface area (TPSA) is 69.4 Å². The second kappa shape index (κ2) is 6.13. The number of carbonyl (C=O) groups is 1. The monoisotopic (exact) mass is 231 g/mol. The quantitative estimate of drug-likeness (QED) is 0.446. The van der Waals surface area contributed by atoms with Crippen LogP contribution in [0.2, 0.25) is 0 Å². The fraction of sp³-hybridized carbons (Fsp3) is 0.444. The molecule has 0 saturated heterocycles. The molecule has 0 aliphatic carbocycles. The summed E-state index contributed by atoms with van der Waals surface area (Å²) in [6.45, 7) is 5.53. The Morgan fingerprint density at radius 1 is 1.53 bits per heavy atom. The molecule has 1 aromatic rings. The van der Waals surface area contributed by atoms with Gasteiger partial charge < -0.3 is 4.74 Å². The third-order valence-corrected chi connectivity index (χ3v) is 2.62. The van der Waals surface area contributed by atoms with Gasteiger partial charge in [-0.2, -0.15) is 0 Å². The zero-order valence-corrected chi connectivity index (χ0v) is 9.88. The smallest absolute Gasteiger partial charge is 0.339 e. The molecule has 0 amide bonds. The number of rotatable bonds is 2. The molecule has 5 nitrogen and oxygen atoms in total. The summed E-state index contributed by atoms with van der Waals surface area (Å²) in [5.41, 5.74) is 0.626. The zero-order valence-electron chi connectivity index (χ0n) is 9.07. The van der Waals surface area contributed by atoms with Gasteiger partial charge in [-0.25, -0.2) is 4.79 Å².